The van der Waals surface area contributed by atoms with Crippen LogP contribution in [0.15, 0.2) is 42.5 Å². The van der Waals surface area contributed by atoms with E-state index in [9.17, 15) is 9.59 Å². The molecule has 0 atom stereocenters. The lowest BCUT2D eigenvalue weighted by Gasteiger charge is -2.23. The van der Waals surface area contributed by atoms with Crippen LogP contribution in [0.25, 0.3) is 0 Å². The monoisotopic (exact) mass is 426 g/mol. The van der Waals surface area contributed by atoms with Crippen molar-refractivity contribution in [3.8, 4) is 11.5 Å². The molecule has 0 fully saturated rings. The second kappa shape index (κ2) is 12.6. The molecule has 0 aromatic heterocycles. The number of nitrogens with zero attached hydrogens (tertiary/aromatic N) is 1. The van der Waals surface area contributed by atoms with Gasteiger partial charge in [-0.1, -0.05) is 32.0 Å². The fraction of sp³-hybridized carbons (Fsp3) is 0.440. The zero-order valence-corrected chi connectivity index (χ0v) is 19.1. The number of hydrogen-bond donors (Lipinski definition) is 1. The summed E-state index contributed by atoms with van der Waals surface area (Å²) in [5.41, 5.74) is 2.59. The van der Waals surface area contributed by atoms with Crippen molar-refractivity contribution in [3.63, 3.8) is 0 Å². The van der Waals surface area contributed by atoms with Gasteiger partial charge in [0.15, 0.2) is 11.5 Å². The van der Waals surface area contributed by atoms with Gasteiger partial charge in [-0.3, -0.25) is 9.59 Å². The summed E-state index contributed by atoms with van der Waals surface area (Å²) >= 11 is 0. The Morgan fingerprint density at radius 2 is 1.61 bits per heavy atom. The van der Waals surface area contributed by atoms with E-state index in [-0.39, 0.29) is 11.8 Å². The number of carbonyl (C=O) groups is 2. The van der Waals surface area contributed by atoms with Gasteiger partial charge in [-0.05, 0) is 55.2 Å². The summed E-state index contributed by atoms with van der Waals surface area (Å²) in [4.78, 5) is 26.1. The Hall–Kier alpha value is -3.02. The van der Waals surface area contributed by atoms with Gasteiger partial charge in [0.1, 0.15) is 0 Å². The fourth-order valence-corrected chi connectivity index (χ4v) is 3.17. The summed E-state index contributed by atoms with van der Waals surface area (Å²) in [5, 5.41) is 2.76. The predicted octanol–water partition coefficient (Wildman–Crippen LogP) is 4.56. The minimum atomic E-state index is -0.0770. The molecule has 168 valence electrons. The molecule has 2 amide bonds. The second-order valence-electron chi connectivity index (χ2n) is 7.40. The van der Waals surface area contributed by atoms with Crippen LogP contribution in [0.2, 0.25) is 0 Å². The number of carbonyl (C=O) groups excluding carboxylic acids is 2. The molecule has 2 rings (SSSR count). The van der Waals surface area contributed by atoms with Gasteiger partial charge in [0.05, 0.1) is 13.2 Å². The number of hydrogen-bond acceptors (Lipinski definition) is 4. The minimum Gasteiger partial charge on any atom is -0.490 e. The third kappa shape index (κ3) is 7.63. The molecule has 1 N–H and O–H groups in total. The first-order valence-electron chi connectivity index (χ1n) is 11.0. The number of amides is 2. The van der Waals surface area contributed by atoms with Crippen molar-refractivity contribution < 1.29 is 19.1 Å². The third-order valence-electron chi connectivity index (χ3n) is 4.67. The van der Waals surface area contributed by atoms with Crippen LogP contribution in [0, 0.1) is 0 Å². The highest BCUT2D eigenvalue weighted by atomic mass is 16.5. The van der Waals surface area contributed by atoms with E-state index in [1.807, 2.05) is 54.3 Å². The lowest BCUT2D eigenvalue weighted by Crippen LogP contribution is -2.31. The molecule has 2 aromatic carbocycles. The zero-order valence-electron chi connectivity index (χ0n) is 19.1. The number of nitrogens with one attached hydrogen (secondary N) is 1. The average molecular weight is 427 g/mol. The predicted molar refractivity (Wildman–Crippen MR) is 122 cm³/mol. The van der Waals surface area contributed by atoms with Crippen LogP contribution in [0.1, 0.15) is 62.0 Å². The smallest absolute Gasteiger partial charge is 0.254 e. The van der Waals surface area contributed by atoms with Crippen LogP contribution in [-0.2, 0) is 17.9 Å². The van der Waals surface area contributed by atoms with Gasteiger partial charge < -0.3 is 19.7 Å². The number of benzene rings is 2. The molecule has 31 heavy (non-hydrogen) atoms. The Morgan fingerprint density at radius 3 is 2.23 bits per heavy atom. The highest BCUT2D eigenvalue weighted by Gasteiger charge is 2.17. The molecule has 0 saturated heterocycles. The van der Waals surface area contributed by atoms with E-state index >= 15 is 0 Å². The standard InChI is InChI=1S/C25H34N2O4/c1-5-14-27(25(29)22-11-8-20(9-12-22)17-26-19(4)28)18-21-10-13-23(31-15-6-2)24(16-21)30-7-3/h8-13,16H,5-7,14-15,17-18H2,1-4H3,(H,26,28). The molecule has 0 saturated carbocycles. The summed E-state index contributed by atoms with van der Waals surface area (Å²) in [6.45, 7) is 10.3. The molecule has 6 heteroatoms. The van der Waals surface area contributed by atoms with E-state index in [0.29, 0.717) is 44.2 Å². The number of ether oxygens (including phenoxy) is 2. The van der Waals surface area contributed by atoms with Gasteiger partial charge in [0, 0.05) is 32.1 Å². The fourth-order valence-electron chi connectivity index (χ4n) is 3.17. The Kier molecular flexibility index (Phi) is 9.88. The molecule has 0 bridgehead atoms. The summed E-state index contributed by atoms with van der Waals surface area (Å²) in [5.74, 6) is 1.35. The van der Waals surface area contributed by atoms with Crippen LogP contribution in [0.3, 0.4) is 0 Å². The van der Waals surface area contributed by atoms with Crippen LogP contribution in [0.5, 0.6) is 11.5 Å². The molecular formula is C25H34N2O4. The Bertz CT molecular complexity index is 849. The normalized spacial score (nSPS) is 10.5. The van der Waals surface area contributed by atoms with Crippen LogP contribution >= 0.6 is 0 Å². The average Bonchev–Trinajstić information content (AvgIpc) is 2.77. The summed E-state index contributed by atoms with van der Waals surface area (Å²) in [6.07, 6.45) is 1.79. The molecule has 0 aliphatic rings. The van der Waals surface area contributed by atoms with Gasteiger partial charge >= 0.3 is 0 Å². The van der Waals surface area contributed by atoms with Crippen molar-refractivity contribution >= 4 is 11.8 Å². The van der Waals surface area contributed by atoms with Crippen molar-refractivity contribution in [3.05, 3.63) is 59.2 Å². The third-order valence-corrected chi connectivity index (χ3v) is 4.67. The molecular weight excluding hydrogens is 392 g/mol. The quantitative estimate of drug-likeness (QED) is 0.540. The molecule has 0 spiro atoms. The lowest BCUT2D eigenvalue weighted by atomic mass is 10.1. The molecule has 0 radical (unpaired) electrons. The first kappa shape index (κ1) is 24.3. The highest BCUT2D eigenvalue weighted by molar-refractivity contribution is 5.94. The maximum atomic E-state index is 13.1. The first-order valence-corrected chi connectivity index (χ1v) is 11.0. The van der Waals surface area contributed by atoms with E-state index in [1.165, 1.54) is 6.92 Å². The summed E-state index contributed by atoms with van der Waals surface area (Å²) < 4.78 is 11.5. The molecule has 0 aliphatic heterocycles. The topological polar surface area (TPSA) is 67.9 Å². The van der Waals surface area contributed by atoms with Crippen molar-refractivity contribution in [1.29, 1.82) is 0 Å². The van der Waals surface area contributed by atoms with Gasteiger partial charge in [0.2, 0.25) is 5.91 Å². The van der Waals surface area contributed by atoms with E-state index in [0.717, 1.165) is 29.7 Å². The number of rotatable bonds is 12. The van der Waals surface area contributed by atoms with E-state index in [1.54, 1.807) is 0 Å². The van der Waals surface area contributed by atoms with Gasteiger partial charge in [-0.15, -0.1) is 0 Å². The largest absolute Gasteiger partial charge is 0.490 e. The highest BCUT2D eigenvalue weighted by Crippen LogP contribution is 2.29. The van der Waals surface area contributed by atoms with Gasteiger partial charge in [-0.25, -0.2) is 0 Å². The second-order valence-corrected chi connectivity index (χ2v) is 7.40. The molecule has 2 aromatic rings. The molecule has 0 unspecified atom stereocenters. The van der Waals surface area contributed by atoms with Gasteiger partial charge in [0.25, 0.3) is 5.91 Å². The van der Waals surface area contributed by atoms with E-state index < -0.39 is 0 Å². The summed E-state index contributed by atoms with van der Waals surface area (Å²) in [7, 11) is 0. The van der Waals surface area contributed by atoms with Crippen LogP contribution in [-0.4, -0.2) is 36.5 Å². The molecule has 0 aliphatic carbocycles. The van der Waals surface area contributed by atoms with E-state index in [2.05, 4.69) is 19.2 Å². The van der Waals surface area contributed by atoms with Crippen molar-refractivity contribution in [2.75, 3.05) is 19.8 Å². The van der Waals surface area contributed by atoms with Gasteiger partial charge in [-0.2, -0.15) is 0 Å². The molecule has 6 nitrogen and oxygen atoms in total. The maximum absolute atomic E-state index is 13.1. The van der Waals surface area contributed by atoms with Crippen molar-refractivity contribution in [2.45, 2.75) is 53.6 Å². The Balaban J connectivity index is 2.15. The van der Waals surface area contributed by atoms with Crippen LogP contribution < -0.4 is 14.8 Å². The first-order chi connectivity index (χ1) is 15.0. The summed E-state index contributed by atoms with van der Waals surface area (Å²) in [6, 6.07) is 13.2. The minimum absolute atomic E-state index is 0.0165. The lowest BCUT2D eigenvalue weighted by molar-refractivity contribution is -0.119. The maximum Gasteiger partial charge on any atom is 0.254 e. The van der Waals surface area contributed by atoms with Crippen molar-refractivity contribution in [1.82, 2.24) is 10.2 Å². The zero-order chi connectivity index (χ0) is 22.6. The SMILES string of the molecule is CCCOc1ccc(CN(CCC)C(=O)c2ccc(CNC(C)=O)cc2)cc1OCC. The van der Waals surface area contributed by atoms with Crippen LogP contribution in [0.4, 0.5) is 0 Å². The van der Waals surface area contributed by atoms with Crippen molar-refractivity contribution in [2.24, 2.45) is 0 Å². The Morgan fingerprint density at radius 1 is 0.903 bits per heavy atom. The Labute approximate surface area is 185 Å². The van der Waals surface area contributed by atoms with E-state index in [4.69, 9.17) is 9.47 Å². The molecule has 0 heterocycles.